The number of hydrogen-bond acceptors (Lipinski definition) is 7. The Bertz CT molecular complexity index is 322. The number of rotatable bonds is 9. The van der Waals surface area contributed by atoms with E-state index in [2.05, 4.69) is 0 Å². The fourth-order valence-electron chi connectivity index (χ4n) is 2.32. The van der Waals surface area contributed by atoms with Crippen molar-refractivity contribution in [2.45, 2.75) is 50.6 Å². The second kappa shape index (κ2) is 7.47. The monoisotopic (exact) mass is 322 g/mol. The molecular weight excluding hydrogens is 296 g/mol. The maximum absolute atomic E-state index is 6.00. The molecule has 0 N–H and O–H groups in total. The second-order valence-electron chi connectivity index (χ2n) is 5.18. The Labute approximate surface area is 127 Å². The van der Waals surface area contributed by atoms with Crippen LogP contribution in [0.3, 0.4) is 0 Å². The predicted octanol–water partition coefficient (Wildman–Crippen LogP) is 1.50. The highest BCUT2D eigenvalue weighted by Gasteiger charge is 2.53. The highest BCUT2D eigenvalue weighted by Crippen LogP contribution is 2.37. The summed E-state index contributed by atoms with van der Waals surface area (Å²) in [5.74, 6) is -1.17. The summed E-state index contributed by atoms with van der Waals surface area (Å²) in [5, 5.41) is 0. The summed E-state index contributed by atoms with van der Waals surface area (Å²) in [7, 11) is 2.03. The van der Waals surface area contributed by atoms with E-state index in [0.717, 1.165) is 19.1 Å². The molecule has 2 heterocycles. The Kier molecular flexibility index (Phi) is 6.15. The van der Waals surface area contributed by atoms with Crippen LogP contribution in [-0.2, 0) is 32.2 Å². The lowest BCUT2D eigenvalue weighted by Crippen LogP contribution is -2.58. The summed E-state index contributed by atoms with van der Waals surface area (Å²) in [6.07, 6.45) is 1.94. The van der Waals surface area contributed by atoms with E-state index >= 15 is 0 Å². The number of methoxy groups -OCH3 is 1. The topological polar surface area (TPSA) is 67.9 Å². The summed E-state index contributed by atoms with van der Waals surface area (Å²) in [5.41, 5.74) is 0. The van der Waals surface area contributed by atoms with Crippen LogP contribution in [0, 0.1) is 0 Å². The van der Waals surface area contributed by atoms with E-state index in [1.54, 1.807) is 21.3 Å². The van der Waals surface area contributed by atoms with Crippen LogP contribution in [0.2, 0.25) is 6.04 Å². The van der Waals surface area contributed by atoms with E-state index in [9.17, 15) is 0 Å². The van der Waals surface area contributed by atoms with Crippen LogP contribution in [0.1, 0.15) is 26.2 Å². The van der Waals surface area contributed by atoms with E-state index in [1.807, 2.05) is 6.92 Å². The molecule has 0 amide bonds. The molecule has 0 radical (unpaired) electrons. The number of ether oxygens (including phenoxy) is 4. The van der Waals surface area contributed by atoms with Gasteiger partial charge >= 0.3 is 8.80 Å². The molecule has 0 saturated carbocycles. The predicted molar refractivity (Wildman–Crippen MR) is 75.5 cm³/mol. The van der Waals surface area contributed by atoms with E-state index in [-0.39, 0.29) is 6.10 Å². The van der Waals surface area contributed by atoms with Gasteiger partial charge in [0, 0.05) is 33.8 Å². The molecule has 2 saturated heterocycles. The highest BCUT2D eigenvalue weighted by molar-refractivity contribution is 6.60. The third-order valence-corrected chi connectivity index (χ3v) is 6.56. The summed E-state index contributed by atoms with van der Waals surface area (Å²) in [6, 6.07) is 0.752. The van der Waals surface area contributed by atoms with Crippen LogP contribution in [-0.4, -0.2) is 61.7 Å². The molecule has 3 atom stereocenters. The molecule has 2 fully saturated rings. The van der Waals surface area contributed by atoms with Crippen molar-refractivity contribution >= 4 is 8.80 Å². The molecule has 2 aliphatic rings. The van der Waals surface area contributed by atoms with Crippen LogP contribution in [0.25, 0.3) is 0 Å². The Morgan fingerprint density at radius 2 is 2.00 bits per heavy atom. The molecule has 21 heavy (non-hydrogen) atoms. The molecule has 2 rings (SSSR count). The first-order valence-corrected chi connectivity index (χ1v) is 9.30. The van der Waals surface area contributed by atoms with E-state index in [0.29, 0.717) is 19.4 Å². The normalized spacial score (nSPS) is 32.9. The molecule has 0 spiro atoms. The quantitative estimate of drug-likeness (QED) is 0.362. The van der Waals surface area contributed by atoms with Gasteiger partial charge in [0.25, 0.3) is 5.97 Å². The van der Waals surface area contributed by atoms with Crippen LogP contribution in [0.4, 0.5) is 0 Å². The summed E-state index contributed by atoms with van der Waals surface area (Å²) in [4.78, 5) is 0. The lowest BCUT2D eigenvalue weighted by atomic mass is 10.3. The maximum atomic E-state index is 6.00. The van der Waals surface area contributed by atoms with Crippen LogP contribution in [0.5, 0.6) is 0 Å². The molecule has 3 unspecified atom stereocenters. The van der Waals surface area contributed by atoms with Gasteiger partial charge in [-0.25, -0.2) is 0 Å². The largest absolute Gasteiger partial charge is 0.504 e. The minimum Gasteiger partial charge on any atom is -0.377 e. The molecule has 7 nitrogen and oxygen atoms in total. The van der Waals surface area contributed by atoms with Crippen molar-refractivity contribution in [2.75, 3.05) is 34.5 Å². The van der Waals surface area contributed by atoms with Crippen molar-refractivity contribution < 1.29 is 32.2 Å². The summed E-state index contributed by atoms with van der Waals surface area (Å²) >= 11 is 0. The van der Waals surface area contributed by atoms with Crippen LogP contribution < -0.4 is 0 Å². The van der Waals surface area contributed by atoms with Gasteiger partial charge in [-0.3, -0.25) is 4.74 Å². The number of epoxide rings is 1. The first-order chi connectivity index (χ1) is 10.1. The molecule has 0 bridgehead atoms. The van der Waals surface area contributed by atoms with Gasteiger partial charge in [-0.2, -0.15) is 0 Å². The lowest BCUT2D eigenvalue weighted by molar-refractivity contribution is -0.400. The van der Waals surface area contributed by atoms with Gasteiger partial charge in [-0.05, 0) is 12.8 Å². The lowest BCUT2D eigenvalue weighted by Gasteiger charge is -2.43. The van der Waals surface area contributed by atoms with Gasteiger partial charge in [0.2, 0.25) is 0 Å². The molecule has 0 aromatic carbocycles. The molecule has 0 aliphatic carbocycles. The smallest absolute Gasteiger partial charge is 0.377 e. The second-order valence-corrected chi connectivity index (χ2v) is 8.06. The standard InChI is InChI=1S/C13H26O7Si/c1-5-12(18-10-11-9-17-11)19-13(14-2)7-6-8-21(15-3,16-4)20-13/h11-12H,5-10H2,1-4H3. The average molecular weight is 322 g/mol. The van der Waals surface area contributed by atoms with E-state index in [1.165, 1.54) is 0 Å². The highest BCUT2D eigenvalue weighted by atomic mass is 28.4. The van der Waals surface area contributed by atoms with Gasteiger partial charge in [0.1, 0.15) is 6.10 Å². The number of hydrogen-bond donors (Lipinski definition) is 0. The first kappa shape index (κ1) is 17.3. The van der Waals surface area contributed by atoms with Crippen LogP contribution in [0.15, 0.2) is 0 Å². The Balaban J connectivity index is 1.97. The van der Waals surface area contributed by atoms with Crippen molar-refractivity contribution in [2.24, 2.45) is 0 Å². The zero-order chi connectivity index (χ0) is 15.3. The SMILES string of the molecule is CCC(OCC1CO1)OC1(OC)CCC[Si](OC)(OC)O1. The molecule has 0 aromatic heterocycles. The average Bonchev–Trinajstić information content (AvgIpc) is 3.35. The van der Waals surface area contributed by atoms with Gasteiger partial charge in [-0.15, -0.1) is 0 Å². The zero-order valence-electron chi connectivity index (χ0n) is 13.3. The molecular formula is C13H26O7Si. The fraction of sp³-hybridized carbons (Fsp3) is 1.00. The fourth-order valence-corrected chi connectivity index (χ4v) is 4.48. The minimum atomic E-state index is -2.73. The van der Waals surface area contributed by atoms with Gasteiger partial charge in [-0.1, -0.05) is 6.92 Å². The third-order valence-electron chi connectivity index (χ3n) is 3.72. The first-order valence-electron chi connectivity index (χ1n) is 7.37. The van der Waals surface area contributed by atoms with Crippen molar-refractivity contribution in [3.05, 3.63) is 0 Å². The summed E-state index contributed by atoms with van der Waals surface area (Å²) < 4.78 is 39.3. The molecule has 124 valence electrons. The van der Waals surface area contributed by atoms with Crippen LogP contribution >= 0.6 is 0 Å². The van der Waals surface area contributed by atoms with Crippen molar-refractivity contribution in [3.8, 4) is 0 Å². The van der Waals surface area contributed by atoms with Crippen molar-refractivity contribution in [1.29, 1.82) is 0 Å². The van der Waals surface area contributed by atoms with E-state index < -0.39 is 21.1 Å². The van der Waals surface area contributed by atoms with Crippen molar-refractivity contribution in [1.82, 2.24) is 0 Å². The Hall–Kier alpha value is -0.0631. The molecule has 8 heteroatoms. The van der Waals surface area contributed by atoms with E-state index in [4.69, 9.17) is 32.2 Å². The zero-order valence-corrected chi connectivity index (χ0v) is 14.3. The Morgan fingerprint density at radius 3 is 2.52 bits per heavy atom. The van der Waals surface area contributed by atoms with Gasteiger partial charge in [0.15, 0.2) is 6.29 Å². The Morgan fingerprint density at radius 1 is 1.29 bits per heavy atom. The van der Waals surface area contributed by atoms with Crippen molar-refractivity contribution in [3.63, 3.8) is 0 Å². The van der Waals surface area contributed by atoms with Gasteiger partial charge in [0.05, 0.1) is 13.2 Å². The summed E-state index contributed by atoms with van der Waals surface area (Å²) in [6.45, 7) is 3.27. The van der Waals surface area contributed by atoms with Gasteiger partial charge < -0.3 is 27.5 Å². The molecule has 0 aromatic rings. The minimum absolute atomic E-state index is 0.194. The third kappa shape index (κ3) is 4.46. The maximum Gasteiger partial charge on any atom is 0.504 e. The molecule has 2 aliphatic heterocycles.